The molecule has 0 amide bonds. The van der Waals surface area contributed by atoms with E-state index in [1.54, 1.807) is 12.3 Å². The molecule has 8 nitrogen and oxygen atoms in total. The fourth-order valence-corrected chi connectivity index (χ4v) is 4.45. The lowest BCUT2D eigenvalue weighted by molar-refractivity contribution is 0.229. The second-order valence-corrected chi connectivity index (χ2v) is 9.00. The van der Waals surface area contributed by atoms with Gasteiger partial charge in [0, 0.05) is 18.3 Å². The van der Waals surface area contributed by atoms with E-state index in [4.69, 9.17) is 10.5 Å². The number of rotatable bonds is 7. The molecule has 2 N–H and O–H groups in total. The third kappa shape index (κ3) is 4.64. The highest BCUT2D eigenvalue weighted by Crippen LogP contribution is 2.32. The lowest BCUT2D eigenvalue weighted by atomic mass is 9.98. The molecule has 0 atom stereocenters. The van der Waals surface area contributed by atoms with Crippen molar-refractivity contribution in [1.29, 1.82) is 0 Å². The van der Waals surface area contributed by atoms with Gasteiger partial charge in [0.2, 0.25) is 5.82 Å². The number of hydrogen-bond donors (Lipinski definition) is 1. The number of aryl methyl sites for hydroxylation is 2. The molecule has 1 saturated heterocycles. The molecule has 36 heavy (non-hydrogen) atoms. The molecule has 2 aromatic heterocycles. The Labute approximate surface area is 207 Å². The zero-order valence-electron chi connectivity index (χ0n) is 20.2. The van der Waals surface area contributed by atoms with Crippen molar-refractivity contribution in [1.82, 2.24) is 30.1 Å². The zero-order valence-corrected chi connectivity index (χ0v) is 20.2. The summed E-state index contributed by atoms with van der Waals surface area (Å²) in [6, 6.07) is 10.7. The molecule has 0 unspecified atom stereocenters. The number of pyridine rings is 1. The molecule has 2 aromatic carbocycles. The van der Waals surface area contributed by atoms with Crippen LogP contribution in [0.15, 0.2) is 42.6 Å². The van der Waals surface area contributed by atoms with Crippen LogP contribution in [0.2, 0.25) is 0 Å². The van der Waals surface area contributed by atoms with Gasteiger partial charge in [-0.05, 0) is 79.5 Å². The van der Waals surface area contributed by atoms with Gasteiger partial charge in [0.15, 0.2) is 17.4 Å². The highest BCUT2D eigenvalue weighted by atomic mass is 19.2. The van der Waals surface area contributed by atoms with Gasteiger partial charge in [-0.1, -0.05) is 23.8 Å². The van der Waals surface area contributed by atoms with Crippen LogP contribution in [-0.2, 0) is 0 Å². The molecule has 1 aliphatic heterocycles. The van der Waals surface area contributed by atoms with Crippen molar-refractivity contribution < 1.29 is 13.5 Å². The summed E-state index contributed by atoms with van der Waals surface area (Å²) < 4.78 is 36.7. The average molecular weight is 492 g/mol. The Hall–Kier alpha value is -3.92. The summed E-state index contributed by atoms with van der Waals surface area (Å²) in [7, 11) is 0. The van der Waals surface area contributed by atoms with Gasteiger partial charge in [0.05, 0.1) is 5.56 Å². The second-order valence-electron chi connectivity index (χ2n) is 9.00. The van der Waals surface area contributed by atoms with Gasteiger partial charge in [0.25, 0.3) is 0 Å². The first-order chi connectivity index (χ1) is 17.4. The Morgan fingerprint density at radius 2 is 1.81 bits per heavy atom. The number of tetrazole rings is 1. The monoisotopic (exact) mass is 491 g/mol. The summed E-state index contributed by atoms with van der Waals surface area (Å²) in [4.78, 5) is 6.55. The molecule has 4 aromatic rings. The Morgan fingerprint density at radius 3 is 2.61 bits per heavy atom. The molecule has 0 saturated carbocycles. The predicted octanol–water partition coefficient (Wildman–Crippen LogP) is 4.34. The highest BCUT2D eigenvalue weighted by molar-refractivity contribution is 5.78. The summed E-state index contributed by atoms with van der Waals surface area (Å²) in [6.07, 6.45) is 3.97. The third-order valence-corrected chi connectivity index (χ3v) is 6.45. The predicted molar refractivity (Wildman–Crippen MR) is 133 cm³/mol. The fraction of sp³-hybridized carbons (Fsp3) is 0.308. The Kier molecular flexibility index (Phi) is 6.60. The van der Waals surface area contributed by atoms with Crippen molar-refractivity contribution in [3.05, 3.63) is 65.4 Å². The van der Waals surface area contributed by atoms with E-state index in [-0.39, 0.29) is 29.7 Å². The number of nitrogens with zero attached hydrogens (tertiary/aromatic N) is 6. The number of benzene rings is 2. The van der Waals surface area contributed by atoms with Gasteiger partial charge in [-0.15, -0.1) is 5.10 Å². The Bertz CT molecular complexity index is 1400. The molecule has 1 fully saturated rings. The molecule has 0 spiro atoms. The molecule has 0 radical (unpaired) electrons. The van der Waals surface area contributed by atoms with Crippen molar-refractivity contribution in [3.8, 4) is 34.0 Å². The van der Waals surface area contributed by atoms with Crippen LogP contribution in [0, 0.1) is 25.5 Å². The fourth-order valence-electron chi connectivity index (χ4n) is 4.45. The largest absolute Gasteiger partial charge is 0.489 e. The summed E-state index contributed by atoms with van der Waals surface area (Å²) in [5.41, 5.74) is 10.4. The third-order valence-electron chi connectivity index (χ3n) is 6.45. The SMILES string of the molecule is Cc1ccc(C)c(-c2cnc(N)c(-c3nnnn3-c3ccc(OCCN4CCCC4)c(F)c3F)c2)c1. The normalized spacial score (nSPS) is 13.9. The van der Waals surface area contributed by atoms with E-state index in [1.807, 2.05) is 32.0 Å². The Morgan fingerprint density at radius 1 is 1.00 bits per heavy atom. The van der Waals surface area contributed by atoms with Crippen LogP contribution in [0.5, 0.6) is 5.75 Å². The van der Waals surface area contributed by atoms with Crippen LogP contribution in [0.3, 0.4) is 0 Å². The summed E-state index contributed by atoms with van der Waals surface area (Å²) in [6.45, 7) is 6.96. The molecule has 0 bridgehead atoms. The van der Waals surface area contributed by atoms with Crippen molar-refractivity contribution in [2.75, 3.05) is 32.0 Å². The number of likely N-dealkylation sites (tertiary alicyclic amines) is 1. The van der Waals surface area contributed by atoms with Gasteiger partial charge in [0.1, 0.15) is 18.1 Å². The van der Waals surface area contributed by atoms with E-state index in [1.165, 1.54) is 12.1 Å². The molecule has 0 aliphatic carbocycles. The van der Waals surface area contributed by atoms with E-state index >= 15 is 4.39 Å². The lowest BCUT2D eigenvalue weighted by Crippen LogP contribution is -2.25. The Balaban J connectivity index is 1.46. The highest BCUT2D eigenvalue weighted by Gasteiger charge is 2.22. The molecule has 10 heteroatoms. The molecule has 1 aliphatic rings. The van der Waals surface area contributed by atoms with E-state index in [9.17, 15) is 4.39 Å². The molecular weight excluding hydrogens is 464 g/mol. The molecular formula is C26H27F2N7O. The number of aromatic nitrogens is 5. The van der Waals surface area contributed by atoms with Crippen LogP contribution in [0.1, 0.15) is 24.0 Å². The minimum Gasteiger partial charge on any atom is -0.489 e. The van der Waals surface area contributed by atoms with Gasteiger partial charge < -0.3 is 10.5 Å². The smallest absolute Gasteiger partial charge is 0.202 e. The first-order valence-corrected chi connectivity index (χ1v) is 11.9. The summed E-state index contributed by atoms with van der Waals surface area (Å²) >= 11 is 0. The van der Waals surface area contributed by atoms with E-state index in [2.05, 4.69) is 25.4 Å². The van der Waals surface area contributed by atoms with Crippen molar-refractivity contribution in [2.45, 2.75) is 26.7 Å². The van der Waals surface area contributed by atoms with Crippen LogP contribution in [0.4, 0.5) is 14.6 Å². The second kappa shape index (κ2) is 9.98. The van der Waals surface area contributed by atoms with Crippen LogP contribution >= 0.6 is 0 Å². The minimum atomic E-state index is -1.11. The standard InChI is InChI=1S/C26H27F2N7O/c1-16-5-6-17(2)19(13-16)18-14-20(25(29)30-15-18)26-31-32-33-35(26)21-7-8-22(24(28)23(21)27)36-12-11-34-9-3-4-10-34/h5-8,13-15H,3-4,9-12H2,1-2H3,(H2,29,30). The van der Waals surface area contributed by atoms with Crippen molar-refractivity contribution in [2.24, 2.45) is 0 Å². The maximum Gasteiger partial charge on any atom is 0.202 e. The van der Waals surface area contributed by atoms with Gasteiger partial charge >= 0.3 is 0 Å². The average Bonchev–Trinajstić information content (AvgIpc) is 3.56. The van der Waals surface area contributed by atoms with Crippen molar-refractivity contribution in [3.63, 3.8) is 0 Å². The van der Waals surface area contributed by atoms with E-state index in [0.29, 0.717) is 12.1 Å². The number of nitrogens with two attached hydrogens (primary N) is 1. The molecule has 186 valence electrons. The number of hydrogen-bond acceptors (Lipinski definition) is 7. The van der Waals surface area contributed by atoms with E-state index < -0.39 is 11.6 Å². The topological polar surface area (TPSA) is 95.0 Å². The quantitative estimate of drug-likeness (QED) is 0.411. The van der Waals surface area contributed by atoms with Gasteiger partial charge in [-0.2, -0.15) is 9.07 Å². The zero-order chi connectivity index (χ0) is 25.2. The molecule has 3 heterocycles. The number of nitrogen functional groups attached to an aromatic ring is 1. The van der Waals surface area contributed by atoms with Crippen molar-refractivity contribution >= 4 is 5.82 Å². The maximum atomic E-state index is 15.2. The van der Waals surface area contributed by atoms with Gasteiger partial charge in [-0.25, -0.2) is 9.37 Å². The maximum absolute atomic E-state index is 15.2. The molecule has 5 rings (SSSR count). The van der Waals surface area contributed by atoms with Crippen LogP contribution in [0.25, 0.3) is 28.2 Å². The van der Waals surface area contributed by atoms with E-state index in [0.717, 1.165) is 52.9 Å². The first-order valence-electron chi connectivity index (χ1n) is 11.9. The summed E-state index contributed by atoms with van der Waals surface area (Å²) in [5.74, 6) is -2.04. The number of ether oxygens (including phenoxy) is 1. The van der Waals surface area contributed by atoms with Crippen LogP contribution < -0.4 is 10.5 Å². The van der Waals surface area contributed by atoms with Gasteiger partial charge in [-0.3, -0.25) is 4.90 Å². The first kappa shape index (κ1) is 23.8. The number of anilines is 1. The number of halogens is 2. The lowest BCUT2D eigenvalue weighted by Gasteiger charge is -2.16. The summed E-state index contributed by atoms with van der Waals surface area (Å²) in [5, 5.41) is 11.6. The van der Waals surface area contributed by atoms with Crippen LogP contribution in [-0.4, -0.2) is 56.3 Å². The minimum absolute atomic E-state index is 0.146.